The number of hydrogen-bond donors (Lipinski definition) is 1. The zero-order valence-electron chi connectivity index (χ0n) is 6.59. The van der Waals surface area contributed by atoms with Crippen LogP contribution in [0.3, 0.4) is 0 Å². The van der Waals surface area contributed by atoms with Crippen molar-refractivity contribution >= 4 is 17.7 Å². The first-order valence-corrected chi connectivity index (χ1v) is 4.26. The molecule has 3 nitrogen and oxygen atoms in total. The van der Waals surface area contributed by atoms with Crippen LogP contribution in [0.2, 0.25) is 0 Å². The first-order valence-electron chi connectivity index (χ1n) is 3.38. The zero-order valence-corrected chi connectivity index (χ0v) is 7.40. The number of rotatable bonds is 1. The Morgan fingerprint density at radius 3 is 2.82 bits per heavy atom. The van der Waals surface area contributed by atoms with Gasteiger partial charge in [0.1, 0.15) is 4.91 Å². The van der Waals surface area contributed by atoms with Gasteiger partial charge in [-0.05, 0) is 0 Å². The molecule has 0 aliphatic carbocycles. The number of methoxy groups -OCH3 is 1. The van der Waals surface area contributed by atoms with Gasteiger partial charge in [0.2, 0.25) is 0 Å². The third kappa shape index (κ3) is 1.68. The summed E-state index contributed by atoms with van der Waals surface area (Å²) >= 11 is 1.49. The maximum absolute atomic E-state index is 11.0. The molecule has 0 radical (unpaired) electrons. The van der Waals surface area contributed by atoms with Gasteiger partial charge in [-0.2, -0.15) is 0 Å². The van der Waals surface area contributed by atoms with Gasteiger partial charge < -0.3 is 10.5 Å². The SMILES string of the molecule is COC(=O)C1=C(N)C[C@@H](C)S1. The molecule has 0 saturated heterocycles. The van der Waals surface area contributed by atoms with Crippen molar-refractivity contribution in [3.63, 3.8) is 0 Å². The van der Waals surface area contributed by atoms with Gasteiger partial charge in [0.25, 0.3) is 0 Å². The topological polar surface area (TPSA) is 52.3 Å². The first-order chi connectivity index (χ1) is 5.15. The number of hydrogen-bond acceptors (Lipinski definition) is 4. The van der Waals surface area contributed by atoms with Crippen LogP contribution < -0.4 is 5.73 Å². The van der Waals surface area contributed by atoms with Gasteiger partial charge in [-0.3, -0.25) is 0 Å². The van der Waals surface area contributed by atoms with Crippen molar-refractivity contribution in [2.45, 2.75) is 18.6 Å². The lowest BCUT2D eigenvalue weighted by Gasteiger charge is -1.99. The summed E-state index contributed by atoms with van der Waals surface area (Å²) in [5, 5.41) is 0.407. The summed E-state index contributed by atoms with van der Waals surface area (Å²) in [4.78, 5) is 11.6. The third-order valence-electron chi connectivity index (χ3n) is 1.49. The lowest BCUT2D eigenvalue weighted by molar-refractivity contribution is -0.135. The van der Waals surface area contributed by atoms with E-state index in [9.17, 15) is 4.79 Å². The van der Waals surface area contributed by atoms with Crippen LogP contribution in [0.4, 0.5) is 0 Å². The average Bonchev–Trinajstić information content (AvgIpc) is 2.28. The second kappa shape index (κ2) is 3.17. The minimum atomic E-state index is -0.308. The highest BCUT2D eigenvalue weighted by atomic mass is 32.2. The number of esters is 1. The van der Waals surface area contributed by atoms with E-state index in [0.717, 1.165) is 6.42 Å². The third-order valence-corrected chi connectivity index (χ3v) is 2.72. The van der Waals surface area contributed by atoms with Crippen molar-refractivity contribution in [2.24, 2.45) is 5.73 Å². The van der Waals surface area contributed by atoms with Crippen molar-refractivity contribution in [1.29, 1.82) is 0 Å². The molecule has 62 valence electrons. The van der Waals surface area contributed by atoms with E-state index in [1.54, 1.807) is 0 Å². The molecule has 0 fully saturated rings. The van der Waals surface area contributed by atoms with Gasteiger partial charge in [-0.25, -0.2) is 4.79 Å². The molecule has 0 spiro atoms. The molecular weight excluding hydrogens is 162 g/mol. The Labute approximate surface area is 70.0 Å². The van der Waals surface area contributed by atoms with E-state index in [2.05, 4.69) is 4.74 Å². The minimum Gasteiger partial charge on any atom is -0.465 e. The van der Waals surface area contributed by atoms with Crippen LogP contribution in [-0.2, 0) is 9.53 Å². The van der Waals surface area contributed by atoms with Crippen LogP contribution in [0.1, 0.15) is 13.3 Å². The van der Waals surface area contributed by atoms with E-state index < -0.39 is 0 Å². The number of allylic oxidation sites excluding steroid dienone is 1. The number of carbonyl (C=O) groups excluding carboxylic acids is 1. The predicted octanol–water partition coefficient (Wildman–Crippen LogP) is 0.855. The Morgan fingerprint density at radius 1 is 1.82 bits per heavy atom. The summed E-state index contributed by atoms with van der Waals surface area (Å²) < 4.78 is 4.56. The average molecular weight is 173 g/mol. The highest BCUT2D eigenvalue weighted by molar-refractivity contribution is 8.04. The molecular formula is C7H11NO2S. The van der Waals surface area contributed by atoms with E-state index in [0.29, 0.717) is 15.9 Å². The standard InChI is InChI=1S/C7H11NO2S/c1-4-3-5(8)6(11-4)7(9)10-2/h4H,3,8H2,1-2H3/t4-/m1/s1. The van der Waals surface area contributed by atoms with E-state index in [4.69, 9.17) is 5.73 Å². The summed E-state index contributed by atoms with van der Waals surface area (Å²) in [6, 6.07) is 0. The molecule has 4 heteroatoms. The maximum atomic E-state index is 11.0. The zero-order chi connectivity index (χ0) is 8.43. The molecule has 1 heterocycles. The molecule has 0 aromatic rings. The molecule has 1 aliphatic heterocycles. The van der Waals surface area contributed by atoms with E-state index in [1.165, 1.54) is 18.9 Å². The monoisotopic (exact) mass is 173 g/mol. The van der Waals surface area contributed by atoms with E-state index in [-0.39, 0.29) is 5.97 Å². The fourth-order valence-corrected chi connectivity index (χ4v) is 2.07. The molecule has 11 heavy (non-hydrogen) atoms. The van der Waals surface area contributed by atoms with Gasteiger partial charge in [0, 0.05) is 17.4 Å². The van der Waals surface area contributed by atoms with Crippen LogP contribution in [0.25, 0.3) is 0 Å². The molecule has 1 atom stereocenters. The molecule has 0 aromatic carbocycles. The molecule has 1 rings (SSSR count). The van der Waals surface area contributed by atoms with Crippen LogP contribution in [0, 0.1) is 0 Å². The largest absolute Gasteiger partial charge is 0.465 e. The van der Waals surface area contributed by atoms with Gasteiger partial charge in [0.15, 0.2) is 0 Å². The molecule has 1 aliphatic rings. The Hall–Kier alpha value is -0.640. The van der Waals surface area contributed by atoms with Gasteiger partial charge in [-0.15, -0.1) is 11.8 Å². The van der Waals surface area contributed by atoms with Gasteiger partial charge in [-0.1, -0.05) is 6.92 Å². The molecule has 0 unspecified atom stereocenters. The number of carbonyl (C=O) groups is 1. The van der Waals surface area contributed by atoms with Crippen molar-refractivity contribution in [3.05, 3.63) is 10.6 Å². The summed E-state index contributed by atoms with van der Waals surface area (Å²) in [6.45, 7) is 2.04. The summed E-state index contributed by atoms with van der Waals surface area (Å²) in [5.74, 6) is -0.308. The van der Waals surface area contributed by atoms with E-state index in [1.807, 2.05) is 6.92 Å². The molecule has 2 N–H and O–H groups in total. The van der Waals surface area contributed by atoms with Crippen LogP contribution in [0.5, 0.6) is 0 Å². The van der Waals surface area contributed by atoms with Crippen LogP contribution >= 0.6 is 11.8 Å². The fourth-order valence-electron chi connectivity index (χ4n) is 0.993. The quantitative estimate of drug-likeness (QED) is 0.597. The van der Waals surface area contributed by atoms with Crippen molar-refractivity contribution in [3.8, 4) is 0 Å². The Balaban J connectivity index is 2.72. The second-order valence-electron chi connectivity index (χ2n) is 2.48. The van der Waals surface area contributed by atoms with Crippen molar-refractivity contribution < 1.29 is 9.53 Å². The van der Waals surface area contributed by atoms with Crippen LogP contribution in [0.15, 0.2) is 10.6 Å². The summed E-state index contributed by atoms with van der Waals surface area (Å²) in [5.41, 5.74) is 6.27. The van der Waals surface area contributed by atoms with Gasteiger partial charge in [0.05, 0.1) is 7.11 Å². The smallest absolute Gasteiger partial charge is 0.346 e. The second-order valence-corrected chi connectivity index (χ2v) is 3.93. The Bertz CT molecular complexity index is 212. The lowest BCUT2D eigenvalue weighted by atomic mass is 10.2. The molecule has 0 bridgehead atoms. The Kier molecular flexibility index (Phi) is 2.44. The van der Waals surface area contributed by atoms with Crippen molar-refractivity contribution in [2.75, 3.05) is 7.11 Å². The fraction of sp³-hybridized carbons (Fsp3) is 0.571. The van der Waals surface area contributed by atoms with Crippen LogP contribution in [-0.4, -0.2) is 18.3 Å². The predicted molar refractivity (Wildman–Crippen MR) is 44.9 cm³/mol. The maximum Gasteiger partial charge on any atom is 0.346 e. The van der Waals surface area contributed by atoms with Gasteiger partial charge >= 0.3 is 5.97 Å². The molecule has 0 saturated carbocycles. The molecule has 0 aromatic heterocycles. The number of nitrogens with two attached hydrogens (primary N) is 1. The minimum absolute atomic E-state index is 0.308. The highest BCUT2D eigenvalue weighted by Crippen LogP contribution is 2.35. The molecule has 0 amide bonds. The highest BCUT2D eigenvalue weighted by Gasteiger charge is 2.25. The summed E-state index contributed by atoms with van der Waals surface area (Å²) in [6.07, 6.45) is 0.787. The normalized spacial score (nSPS) is 24.0. The number of thioether (sulfide) groups is 1. The lowest BCUT2D eigenvalue weighted by Crippen LogP contribution is -2.06. The first kappa shape index (κ1) is 8.46. The van der Waals surface area contributed by atoms with Crippen molar-refractivity contribution in [1.82, 2.24) is 0 Å². The number of ether oxygens (including phenoxy) is 1. The summed E-state index contributed by atoms with van der Waals surface area (Å²) in [7, 11) is 1.37. The van der Waals surface area contributed by atoms with E-state index >= 15 is 0 Å². The Morgan fingerprint density at radius 2 is 2.45 bits per heavy atom.